The minimum atomic E-state index is -0.680. The van der Waals surface area contributed by atoms with Gasteiger partial charge in [-0.05, 0) is 68.6 Å². The molecule has 1 aromatic carbocycles. The topological polar surface area (TPSA) is 110 Å². The summed E-state index contributed by atoms with van der Waals surface area (Å²) in [6.45, 7) is 0. The predicted octanol–water partition coefficient (Wildman–Crippen LogP) is 2.14. The minimum absolute atomic E-state index is 0.195. The van der Waals surface area contributed by atoms with Crippen molar-refractivity contribution in [2.75, 3.05) is 0 Å². The minimum Gasteiger partial charge on any atom is -0.481 e. The third kappa shape index (κ3) is 3.78. The van der Waals surface area contributed by atoms with Crippen LogP contribution in [-0.2, 0) is 27.9 Å². The molecule has 0 radical (unpaired) electrons. The van der Waals surface area contributed by atoms with Gasteiger partial charge in [-0.3, -0.25) is 28.8 Å². The fourth-order valence-corrected chi connectivity index (χ4v) is 4.86. The lowest BCUT2D eigenvalue weighted by Gasteiger charge is -2.26. The van der Waals surface area contributed by atoms with Gasteiger partial charge in [-0.15, -0.1) is 0 Å². The second kappa shape index (κ2) is 8.08. The number of carboxylic acid groups (broad SMARTS) is 1. The number of fused-ring (bicyclic) bond motifs is 1. The van der Waals surface area contributed by atoms with Gasteiger partial charge < -0.3 is 5.11 Å². The zero-order valence-corrected chi connectivity index (χ0v) is 17.1. The number of benzene rings is 1. The molecule has 8 heteroatoms. The summed E-state index contributed by atoms with van der Waals surface area (Å²) in [6.07, 6.45) is 5.82. The number of imidazole rings is 1. The summed E-state index contributed by atoms with van der Waals surface area (Å²) < 4.78 is 3.05. The maximum Gasteiger partial charge on any atom is 0.329 e. The van der Waals surface area contributed by atoms with Crippen molar-refractivity contribution in [2.45, 2.75) is 57.4 Å². The van der Waals surface area contributed by atoms with E-state index in [2.05, 4.69) is 5.32 Å². The highest BCUT2D eigenvalue weighted by molar-refractivity contribution is 6.00. The zero-order valence-electron chi connectivity index (χ0n) is 17.1. The van der Waals surface area contributed by atoms with Crippen molar-refractivity contribution in [1.82, 2.24) is 14.5 Å². The quantitative estimate of drug-likeness (QED) is 0.730. The lowest BCUT2D eigenvalue weighted by molar-refractivity contribution is -0.143. The summed E-state index contributed by atoms with van der Waals surface area (Å²) in [5.74, 6) is -1.07. The Labute approximate surface area is 173 Å². The van der Waals surface area contributed by atoms with Gasteiger partial charge in [0.2, 0.25) is 11.8 Å². The molecule has 1 unspecified atom stereocenters. The third-order valence-corrected chi connectivity index (χ3v) is 6.71. The first-order chi connectivity index (χ1) is 14.3. The molecule has 0 spiro atoms. The molecule has 160 valence electrons. The van der Waals surface area contributed by atoms with E-state index in [4.69, 9.17) is 5.11 Å². The van der Waals surface area contributed by atoms with E-state index in [-0.39, 0.29) is 23.9 Å². The molecule has 1 aliphatic carbocycles. The number of aromatic nitrogens is 2. The van der Waals surface area contributed by atoms with Gasteiger partial charge in [0.25, 0.3) is 0 Å². The monoisotopic (exact) mass is 413 g/mol. The molecule has 1 aromatic heterocycles. The van der Waals surface area contributed by atoms with Crippen LogP contribution in [0.2, 0.25) is 0 Å². The van der Waals surface area contributed by atoms with Gasteiger partial charge >= 0.3 is 11.7 Å². The molecule has 8 nitrogen and oxygen atoms in total. The van der Waals surface area contributed by atoms with Gasteiger partial charge in [-0.2, -0.15) is 0 Å². The first-order valence-corrected chi connectivity index (χ1v) is 10.6. The highest BCUT2D eigenvalue weighted by atomic mass is 16.4. The Balaban J connectivity index is 1.51. The average molecular weight is 413 g/mol. The van der Waals surface area contributed by atoms with E-state index in [0.29, 0.717) is 17.9 Å². The van der Waals surface area contributed by atoms with Crippen LogP contribution in [0, 0.1) is 11.8 Å². The number of hydrogen-bond acceptors (Lipinski definition) is 4. The standard InChI is InChI=1S/C22H27N3O5/c1-24-18-12-14(3-2-13-4-7-15(8-5-13)21(28)29)6-9-16(18)25(22(24)30)17-10-11-19(26)23-20(17)27/h6,9,12-13,15,17H,2-5,7-8,10-11H2,1H3,(H,28,29)(H,23,26,27)/t13-,15-,17?. The first-order valence-electron chi connectivity index (χ1n) is 10.6. The summed E-state index contributed by atoms with van der Waals surface area (Å²) in [5, 5.41) is 11.5. The molecule has 4 rings (SSSR count). The Morgan fingerprint density at radius 2 is 1.83 bits per heavy atom. The largest absolute Gasteiger partial charge is 0.481 e. The number of carboxylic acids is 1. The number of amides is 2. The molecule has 1 saturated heterocycles. The van der Waals surface area contributed by atoms with Gasteiger partial charge in [-0.25, -0.2) is 4.79 Å². The summed E-state index contributed by atoms with van der Waals surface area (Å²) in [4.78, 5) is 47.7. The van der Waals surface area contributed by atoms with E-state index < -0.39 is 17.9 Å². The van der Waals surface area contributed by atoms with Crippen molar-refractivity contribution in [2.24, 2.45) is 18.9 Å². The lowest BCUT2D eigenvalue weighted by atomic mass is 9.79. The van der Waals surface area contributed by atoms with Gasteiger partial charge in [0.15, 0.2) is 0 Å². The van der Waals surface area contributed by atoms with Gasteiger partial charge in [0.1, 0.15) is 6.04 Å². The van der Waals surface area contributed by atoms with Crippen LogP contribution >= 0.6 is 0 Å². The molecule has 2 amide bonds. The predicted molar refractivity (Wildman–Crippen MR) is 110 cm³/mol. The number of aliphatic carboxylic acids is 1. The normalized spacial score (nSPS) is 24.8. The van der Waals surface area contributed by atoms with Crippen molar-refractivity contribution in [3.8, 4) is 0 Å². The van der Waals surface area contributed by atoms with Crippen LogP contribution in [0.3, 0.4) is 0 Å². The number of hydrogen-bond donors (Lipinski definition) is 2. The SMILES string of the molecule is Cn1c(=O)n(C2CCC(=O)NC2=O)c2ccc(CC[C@H]3CC[C@H](C(=O)O)CC3)cc21. The molecule has 30 heavy (non-hydrogen) atoms. The van der Waals surface area contributed by atoms with Gasteiger partial charge in [0.05, 0.1) is 17.0 Å². The number of rotatable bonds is 5. The summed E-state index contributed by atoms with van der Waals surface area (Å²) in [6, 6.07) is 5.21. The highest BCUT2D eigenvalue weighted by Crippen LogP contribution is 2.32. The third-order valence-electron chi connectivity index (χ3n) is 6.71. The number of aryl methyl sites for hydroxylation is 2. The first kappa shape index (κ1) is 20.4. The number of nitrogens with one attached hydrogen (secondary N) is 1. The van der Waals surface area contributed by atoms with Crippen molar-refractivity contribution in [3.05, 3.63) is 34.2 Å². The van der Waals surface area contributed by atoms with E-state index in [0.717, 1.165) is 49.6 Å². The fraction of sp³-hybridized carbons (Fsp3) is 0.545. The Hall–Kier alpha value is -2.90. The molecule has 1 atom stereocenters. The molecule has 2 N–H and O–H groups in total. The van der Waals surface area contributed by atoms with Crippen molar-refractivity contribution in [3.63, 3.8) is 0 Å². The number of nitrogens with zero attached hydrogens (tertiary/aromatic N) is 2. The second-order valence-corrected chi connectivity index (χ2v) is 8.60. The number of piperidine rings is 1. The van der Waals surface area contributed by atoms with Gasteiger partial charge in [0, 0.05) is 13.5 Å². The highest BCUT2D eigenvalue weighted by Gasteiger charge is 2.31. The fourth-order valence-electron chi connectivity index (χ4n) is 4.86. The lowest BCUT2D eigenvalue weighted by Crippen LogP contribution is -2.44. The molecule has 2 heterocycles. The Morgan fingerprint density at radius 3 is 2.50 bits per heavy atom. The van der Waals surface area contributed by atoms with E-state index in [1.54, 1.807) is 11.6 Å². The number of imide groups is 1. The van der Waals surface area contributed by atoms with Crippen LogP contribution in [0.5, 0.6) is 0 Å². The maximum atomic E-state index is 12.8. The summed E-state index contributed by atoms with van der Waals surface area (Å²) >= 11 is 0. The maximum absolute atomic E-state index is 12.8. The van der Waals surface area contributed by atoms with Crippen LogP contribution in [0.15, 0.2) is 23.0 Å². The van der Waals surface area contributed by atoms with Crippen LogP contribution in [0.4, 0.5) is 0 Å². The number of carbonyl (C=O) groups excluding carboxylic acids is 2. The van der Waals surface area contributed by atoms with E-state index in [1.165, 1.54) is 4.57 Å². The Morgan fingerprint density at radius 1 is 1.10 bits per heavy atom. The van der Waals surface area contributed by atoms with Crippen LogP contribution in [0.1, 0.15) is 56.6 Å². The molecule has 0 bridgehead atoms. The number of carbonyl (C=O) groups is 3. The van der Waals surface area contributed by atoms with E-state index >= 15 is 0 Å². The van der Waals surface area contributed by atoms with E-state index in [1.807, 2.05) is 18.2 Å². The Bertz CT molecular complexity index is 1060. The molecule has 1 saturated carbocycles. The molecular formula is C22H27N3O5. The average Bonchev–Trinajstić information content (AvgIpc) is 2.97. The molecule has 2 aromatic rings. The van der Waals surface area contributed by atoms with Gasteiger partial charge in [-0.1, -0.05) is 6.07 Å². The Kier molecular flexibility index (Phi) is 5.49. The smallest absolute Gasteiger partial charge is 0.329 e. The molecule has 1 aliphatic heterocycles. The summed E-state index contributed by atoms with van der Waals surface area (Å²) in [7, 11) is 1.70. The van der Waals surface area contributed by atoms with Crippen LogP contribution in [0.25, 0.3) is 11.0 Å². The zero-order chi connectivity index (χ0) is 21.4. The molecular weight excluding hydrogens is 386 g/mol. The van der Waals surface area contributed by atoms with Crippen molar-refractivity contribution in [1.29, 1.82) is 0 Å². The van der Waals surface area contributed by atoms with E-state index in [9.17, 15) is 19.2 Å². The molecule has 2 aliphatic rings. The van der Waals surface area contributed by atoms with Crippen LogP contribution in [-0.4, -0.2) is 32.0 Å². The van der Waals surface area contributed by atoms with Crippen molar-refractivity contribution < 1.29 is 19.5 Å². The summed E-state index contributed by atoms with van der Waals surface area (Å²) in [5.41, 5.74) is 2.34. The van der Waals surface area contributed by atoms with Crippen molar-refractivity contribution >= 4 is 28.8 Å². The molecule has 2 fully saturated rings. The van der Waals surface area contributed by atoms with Crippen LogP contribution < -0.4 is 11.0 Å². The second-order valence-electron chi connectivity index (χ2n) is 8.60.